The fourth-order valence-corrected chi connectivity index (χ4v) is 2.81. The fourth-order valence-electron chi connectivity index (χ4n) is 2.81. The molecule has 2 atom stereocenters. The van der Waals surface area contributed by atoms with E-state index in [4.69, 9.17) is 0 Å². The molecule has 4 nitrogen and oxygen atoms in total. The van der Waals surface area contributed by atoms with Gasteiger partial charge in [-0.05, 0) is 41.3 Å². The summed E-state index contributed by atoms with van der Waals surface area (Å²) in [5, 5.41) is 4.11. The number of anilines is 1. The summed E-state index contributed by atoms with van der Waals surface area (Å²) in [7, 11) is 0. The Balaban J connectivity index is 2.26. The molecule has 0 bridgehead atoms. The molecular weight excluding hydrogens is 402 g/mol. The van der Waals surface area contributed by atoms with Gasteiger partial charge in [-0.1, -0.05) is 37.3 Å². The first-order chi connectivity index (χ1) is 13.4. The highest BCUT2D eigenvalue weighted by Gasteiger charge is 2.45. The molecule has 2 unspecified atom stereocenters. The quantitative estimate of drug-likeness (QED) is 0.435. The number of alkyl halides is 6. The second kappa shape index (κ2) is 8.62. The molecule has 0 aliphatic rings. The number of amides is 1. The van der Waals surface area contributed by atoms with Gasteiger partial charge in [-0.2, -0.15) is 26.3 Å². The van der Waals surface area contributed by atoms with Crippen LogP contribution in [0.5, 0.6) is 0 Å². The van der Waals surface area contributed by atoms with Gasteiger partial charge in [0.1, 0.15) is 11.6 Å². The zero-order valence-corrected chi connectivity index (χ0v) is 15.0. The van der Waals surface area contributed by atoms with Crippen molar-refractivity contribution in [1.82, 2.24) is 0 Å². The Hall–Kier alpha value is -2.91. The Morgan fingerprint density at radius 1 is 1.03 bits per heavy atom. The maximum absolute atomic E-state index is 13.4. The van der Waals surface area contributed by atoms with E-state index in [1.54, 1.807) is 30.3 Å². The third-order valence-electron chi connectivity index (χ3n) is 4.34. The molecule has 0 aliphatic carbocycles. The number of nitroso groups, excluding NO2 is 1. The lowest BCUT2D eigenvalue weighted by atomic mass is 9.89. The standard InChI is InChI=1S/C19H16F6N2O2/c1-11(12-5-3-2-4-6-12)9-15(19(23,24)25)17(28)26-13-7-8-16(27-29)14(10-13)18(20,21)22/h2-8,10-11,15H,9H2,1H3,(H,26,28). The van der Waals surface area contributed by atoms with Gasteiger partial charge in [-0.3, -0.25) is 4.79 Å². The molecule has 0 heterocycles. The normalized spacial score (nSPS) is 14.2. The van der Waals surface area contributed by atoms with Crippen LogP contribution in [-0.2, 0) is 11.0 Å². The molecular formula is C19H16F6N2O2. The molecule has 29 heavy (non-hydrogen) atoms. The van der Waals surface area contributed by atoms with Crippen LogP contribution in [0.3, 0.4) is 0 Å². The topological polar surface area (TPSA) is 58.5 Å². The Bertz CT molecular complexity index is 865. The molecule has 0 fully saturated rings. The van der Waals surface area contributed by atoms with Gasteiger partial charge in [0.2, 0.25) is 5.91 Å². The molecule has 2 aromatic rings. The van der Waals surface area contributed by atoms with Gasteiger partial charge >= 0.3 is 12.4 Å². The number of nitrogens with zero attached hydrogens (tertiary/aromatic N) is 1. The van der Waals surface area contributed by atoms with Crippen molar-refractivity contribution in [3.8, 4) is 0 Å². The molecule has 0 saturated carbocycles. The SMILES string of the molecule is CC(CC(C(=O)Nc1ccc(N=O)c(C(F)(F)F)c1)C(F)(F)F)c1ccccc1. The number of hydrogen-bond acceptors (Lipinski definition) is 3. The summed E-state index contributed by atoms with van der Waals surface area (Å²) < 4.78 is 79.2. The Labute approximate surface area is 161 Å². The summed E-state index contributed by atoms with van der Waals surface area (Å²) in [4.78, 5) is 22.8. The zero-order chi connectivity index (χ0) is 21.8. The number of carbonyl (C=O) groups excluding carboxylic acids is 1. The zero-order valence-electron chi connectivity index (χ0n) is 15.0. The average Bonchev–Trinajstić information content (AvgIpc) is 2.64. The minimum absolute atomic E-state index is 0.378. The van der Waals surface area contributed by atoms with Gasteiger partial charge in [0.05, 0.1) is 5.56 Å². The van der Waals surface area contributed by atoms with E-state index in [1.165, 1.54) is 6.92 Å². The van der Waals surface area contributed by atoms with Crippen molar-refractivity contribution in [3.05, 3.63) is 64.6 Å². The van der Waals surface area contributed by atoms with Crippen LogP contribution >= 0.6 is 0 Å². The van der Waals surface area contributed by atoms with Crippen LogP contribution in [0.1, 0.15) is 30.4 Å². The Morgan fingerprint density at radius 3 is 2.17 bits per heavy atom. The van der Waals surface area contributed by atoms with E-state index in [0.717, 1.165) is 6.07 Å². The summed E-state index contributed by atoms with van der Waals surface area (Å²) in [5.74, 6) is -4.54. The van der Waals surface area contributed by atoms with E-state index >= 15 is 0 Å². The lowest BCUT2D eigenvalue weighted by molar-refractivity contribution is -0.181. The highest BCUT2D eigenvalue weighted by atomic mass is 19.4. The average molecular weight is 418 g/mol. The van der Waals surface area contributed by atoms with E-state index in [2.05, 4.69) is 5.18 Å². The first-order valence-corrected chi connectivity index (χ1v) is 8.40. The number of benzene rings is 2. The largest absolute Gasteiger partial charge is 0.418 e. The Morgan fingerprint density at radius 2 is 1.66 bits per heavy atom. The molecule has 0 aliphatic heterocycles. The van der Waals surface area contributed by atoms with Crippen molar-refractivity contribution in [2.45, 2.75) is 31.6 Å². The summed E-state index contributed by atoms with van der Waals surface area (Å²) >= 11 is 0. The maximum atomic E-state index is 13.4. The van der Waals surface area contributed by atoms with Crippen molar-refractivity contribution in [2.75, 3.05) is 5.32 Å². The van der Waals surface area contributed by atoms with Crippen molar-refractivity contribution in [1.29, 1.82) is 0 Å². The van der Waals surface area contributed by atoms with Gasteiger partial charge in [-0.25, -0.2) is 0 Å². The smallest absolute Gasteiger partial charge is 0.326 e. The second-order valence-electron chi connectivity index (χ2n) is 6.45. The monoisotopic (exact) mass is 418 g/mol. The van der Waals surface area contributed by atoms with Crippen molar-refractivity contribution in [3.63, 3.8) is 0 Å². The van der Waals surface area contributed by atoms with E-state index in [0.29, 0.717) is 17.7 Å². The summed E-state index contributed by atoms with van der Waals surface area (Å²) in [5.41, 5.74) is -2.31. The van der Waals surface area contributed by atoms with Gasteiger partial charge in [0.15, 0.2) is 0 Å². The van der Waals surface area contributed by atoms with Gasteiger partial charge in [0, 0.05) is 5.69 Å². The van der Waals surface area contributed by atoms with Crippen molar-refractivity contribution < 1.29 is 31.1 Å². The summed E-state index contributed by atoms with van der Waals surface area (Å²) in [6, 6.07) is 10.2. The van der Waals surface area contributed by atoms with Crippen LogP contribution in [0.25, 0.3) is 0 Å². The van der Waals surface area contributed by atoms with Crippen molar-refractivity contribution in [2.24, 2.45) is 11.1 Å². The van der Waals surface area contributed by atoms with Crippen LogP contribution in [-0.4, -0.2) is 12.1 Å². The van der Waals surface area contributed by atoms with E-state index < -0.39 is 53.5 Å². The maximum Gasteiger partial charge on any atom is 0.418 e. The number of rotatable bonds is 6. The van der Waals surface area contributed by atoms with E-state index in [9.17, 15) is 36.0 Å². The summed E-state index contributed by atoms with van der Waals surface area (Å²) in [6.45, 7) is 1.52. The minimum Gasteiger partial charge on any atom is -0.326 e. The molecule has 10 heteroatoms. The third kappa shape index (κ3) is 5.78. The van der Waals surface area contributed by atoms with Crippen LogP contribution < -0.4 is 5.32 Å². The van der Waals surface area contributed by atoms with Crippen LogP contribution in [0.4, 0.5) is 37.7 Å². The number of hydrogen-bond donors (Lipinski definition) is 1. The molecule has 1 amide bonds. The van der Waals surface area contributed by atoms with Gasteiger partial charge in [-0.15, -0.1) is 4.91 Å². The first kappa shape index (κ1) is 22.4. The second-order valence-corrected chi connectivity index (χ2v) is 6.45. The van der Waals surface area contributed by atoms with Crippen LogP contribution in [0.15, 0.2) is 53.7 Å². The molecule has 1 N–H and O–H groups in total. The number of halogens is 6. The highest BCUT2D eigenvalue weighted by Crippen LogP contribution is 2.39. The van der Waals surface area contributed by atoms with Crippen LogP contribution in [0.2, 0.25) is 0 Å². The van der Waals surface area contributed by atoms with Crippen molar-refractivity contribution >= 4 is 17.3 Å². The Kier molecular flexibility index (Phi) is 6.66. The molecule has 2 aromatic carbocycles. The van der Waals surface area contributed by atoms with E-state index in [-0.39, 0.29) is 0 Å². The third-order valence-corrected chi connectivity index (χ3v) is 4.34. The molecule has 0 radical (unpaired) electrons. The predicted octanol–water partition coefficient (Wildman–Crippen LogP) is 6.41. The fraction of sp³-hybridized carbons (Fsp3) is 0.316. The van der Waals surface area contributed by atoms with Crippen LogP contribution in [0, 0.1) is 10.8 Å². The minimum atomic E-state index is -4.96. The van der Waals surface area contributed by atoms with Gasteiger partial charge < -0.3 is 5.32 Å². The van der Waals surface area contributed by atoms with Gasteiger partial charge in [0.25, 0.3) is 0 Å². The highest BCUT2D eigenvalue weighted by molar-refractivity contribution is 5.93. The summed E-state index contributed by atoms with van der Waals surface area (Å²) in [6.07, 6.45) is -10.4. The lowest BCUT2D eigenvalue weighted by Crippen LogP contribution is -2.36. The number of carbonyl (C=O) groups is 1. The van der Waals surface area contributed by atoms with E-state index in [1.807, 2.05) is 5.32 Å². The molecule has 0 saturated heterocycles. The molecule has 0 spiro atoms. The first-order valence-electron chi connectivity index (χ1n) is 8.40. The lowest BCUT2D eigenvalue weighted by Gasteiger charge is -2.23. The molecule has 0 aromatic heterocycles. The molecule has 156 valence electrons. The molecule has 2 rings (SSSR count). The predicted molar refractivity (Wildman–Crippen MR) is 94.5 cm³/mol. The number of nitrogens with one attached hydrogen (secondary N) is 1.